The number of hydrogen-bond donors (Lipinski definition) is 1. The van der Waals surface area contributed by atoms with Crippen molar-refractivity contribution in [1.29, 1.82) is 5.26 Å². The number of nitrogens with zero attached hydrogens (tertiary/aromatic N) is 3. The average Bonchev–Trinajstić information content (AvgIpc) is 2.67. The van der Waals surface area contributed by atoms with Gasteiger partial charge in [0.25, 0.3) is 11.8 Å². The Morgan fingerprint density at radius 3 is 2.14 bits per heavy atom. The van der Waals surface area contributed by atoms with Crippen LogP contribution in [0.3, 0.4) is 0 Å². The molecule has 0 spiro atoms. The average molecular weight is 411 g/mol. The maximum atomic E-state index is 13.0. The van der Waals surface area contributed by atoms with Gasteiger partial charge in [-0.25, -0.2) is 0 Å². The third-order valence-electron chi connectivity index (χ3n) is 5.17. The molecular weight excluding hydrogens is 387 g/mol. The molecule has 1 aromatic rings. The highest BCUT2D eigenvalue weighted by Crippen LogP contribution is 2.33. The SMILES string of the molecule is CC(C)N(C(=O)c1ccc(C#N)cc1)C1CCN(C(=O)[C@@](C)(O)C(F)(F)F)CC1. The first-order chi connectivity index (χ1) is 13.4. The summed E-state index contributed by atoms with van der Waals surface area (Å²) in [6.07, 6.45) is -4.45. The maximum Gasteiger partial charge on any atom is 0.426 e. The number of rotatable bonds is 4. The van der Waals surface area contributed by atoms with E-state index < -0.39 is 17.7 Å². The van der Waals surface area contributed by atoms with Crippen LogP contribution in [0.5, 0.6) is 0 Å². The topological polar surface area (TPSA) is 84.6 Å². The number of amides is 2. The number of piperidine rings is 1. The van der Waals surface area contributed by atoms with Crippen molar-refractivity contribution in [2.75, 3.05) is 13.1 Å². The summed E-state index contributed by atoms with van der Waals surface area (Å²) in [6, 6.07) is 7.79. The number of hydrogen-bond acceptors (Lipinski definition) is 4. The van der Waals surface area contributed by atoms with Crippen molar-refractivity contribution in [3.8, 4) is 6.07 Å². The van der Waals surface area contributed by atoms with Gasteiger partial charge in [0.2, 0.25) is 5.60 Å². The predicted molar refractivity (Wildman–Crippen MR) is 98.7 cm³/mol. The molecule has 1 atom stereocenters. The Morgan fingerprint density at radius 2 is 1.72 bits per heavy atom. The molecule has 1 aliphatic heterocycles. The van der Waals surface area contributed by atoms with Crippen LogP contribution in [0.1, 0.15) is 49.5 Å². The van der Waals surface area contributed by atoms with E-state index in [9.17, 15) is 27.9 Å². The first-order valence-corrected chi connectivity index (χ1v) is 9.31. The summed E-state index contributed by atoms with van der Waals surface area (Å²) >= 11 is 0. The minimum atomic E-state index is -5.06. The molecule has 0 unspecified atom stereocenters. The second kappa shape index (κ2) is 8.41. The van der Waals surface area contributed by atoms with Gasteiger partial charge in [0.1, 0.15) is 0 Å². The van der Waals surface area contributed by atoms with Crippen molar-refractivity contribution in [2.45, 2.75) is 57.5 Å². The lowest BCUT2D eigenvalue weighted by Gasteiger charge is -2.42. The van der Waals surface area contributed by atoms with E-state index in [1.165, 1.54) is 0 Å². The number of benzene rings is 1. The number of carbonyl (C=O) groups excluding carboxylic acids is 2. The van der Waals surface area contributed by atoms with Gasteiger partial charge in [-0.05, 0) is 57.9 Å². The van der Waals surface area contributed by atoms with Gasteiger partial charge >= 0.3 is 6.18 Å². The van der Waals surface area contributed by atoms with E-state index in [0.717, 1.165) is 4.90 Å². The summed E-state index contributed by atoms with van der Waals surface area (Å²) in [6.45, 7) is 4.16. The summed E-state index contributed by atoms with van der Waals surface area (Å²) in [5.41, 5.74) is -2.59. The van der Waals surface area contributed by atoms with Crippen LogP contribution in [-0.4, -0.2) is 63.7 Å². The molecule has 1 heterocycles. The molecule has 0 bridgehead atoms. The summed E-state index contributed by atoms with van der Waals surface area (Å²) in [5, 5.41) is 18.5. The van der Waals surface area contributed by atoms with Gasteiger partial charge in [-0.1, -0.05) is 0 Å². The molecule has 1 aromatic carbocycles. The smallest absolute Gasteiger partial charge is 0.373 e. The third kappa shape index (κ3) is 4.70. The zero-order chi connectivity index (χ0) is 22.0. The summed E-state index contributed by atoms with van der Waals surface area (Å²) < 4.78 is 38.8. The molecule has 6 nitrogen and oxygen atoms in total. The van der Waals surface area contributed by atoms with Crippen LogP contribution in [0.2, 0.25) is 0 Å². The van der Waals surface area contributed by atoms with Gasteiger partial charge in [0.05, 0.1) is 11.6 Å². The first-order valence-electron chi connectivity index (χ1n) is 9.31. The molecule has 158 valence electrons. The van der Waals surface area contributed by atoms with Gasteiger partial charge in [-0.2, -0.15) is 18.4 Å². The summed E-state index contributed by atoms with van der Waals surface area (Å²) in [7, 11) is 0. The second-order valence-electron chi connectivity index (χ2n) is 7.59. The lowest BCUT2D eigenvalue weighted by molar-refractivity contribution is -0.250. The number of aliphatic hydroxyl groups is 1. The quantitative estimate of drug-likeness (QED) is 0.826. The highest BCUT2D eigenvalue weighted by Gasteiger charge is 2.57. The fourth-order valence-corrected chi connectivity index (χ4v) is 3.43. The Bertz CT molecular complexity index is 790. The van der Waals surface area contributed by atoms with E-state index in [-0.39, 0.29) is 31.1 Å². The molecule has 29 heavy (non-hydrogen) atoms. The molecule has 9 heteroatoms. The van der Waals surface area contributed by atoms with Crippen molar-refractivity contribution in [1.82, 2.24) is 9.80 Å². The highest BCUT2D eigenvalue weighted by atomic mass is 19.4. The zero-order valence-corrected chi connectivity index (χ0v) is 16.5. The van der Waals surface area contributed by atoms with Crippen LogP contribution in [0.25, 0.3) is 0 Å². The molecule has 1 N–H and O–H groups in total. The minimum absolute atomic E-state index is 0.0135. The van der Waals surface area contributed by atoms with Gasteiger partial charge in [-0.15, -0.1) is 0 Å². The van der Waals surface area contributed by atoms with Gasteiger partial charge in [0.15, 0.2) is 0 Å². The zero-order valence-electron chi connectivity index (χ0n) is 16.5. The van der Waals surface area contributed by atoms with Crippen LogP contribution in [0.15, 0.2) is 24.3 Å². The molecular formula is C20H24F3N3O3. The van der Waals surface area contributed by atoms with Gasteiger partial charge < -0.3 is 14.9 Å². The van der Waals surface area contributed by atoms with E-state index >= 15 is 0 Å². The largest absolute Gasteiger partial charge is 0.426 e. The number of halogens is 3. The molecule has 0 aliphatic carbocycles. The van der Waals surface area contributed by atoms with Gasteiger partial charge in [0, 0.05) is 30.7 Å². The van der Waals surface area contributed by atoms with Crippen LogP contribution in [0.4, 0.5) is 13.2 Å². The molecule has 2 rings (SSSR count). The lowest BCUT2D eigenvalue weighted by atomic mass is 9.97. The van der Waals surface area contributed by atoms with Crippen LogP contribution in [-0.2, 0) is 4.79 Å². The third-order valence-corrected chi connectivity index (χ3v) is 5.17. The molecule has 0 aromatic heterocycles. The molecule has 0 saturated carbocycles. The fourth-order valence-electron chi connectivity index (χ4n) is 3.43. The molecule has 1 aliphatic rings. The van der Waals surface area contributed by atoms with Crippen molar-refractivity contribution in [3.05, 3.63) is 35.4 Å². The second-order valence-corrected chi connectivity index (χ2v) is 7.59. The normalized spacial score (nSPS) is 17.6. The standard InChI is InChI=1S/C20H24F3N3O3/c1-13(2)26(17(27)15-6-4-14(12-24)5-7-15)16-8-10-25(11-9-16)18(28)19(3,29)20(21,22)23/h4-7,13,16,29H,8-11H2,1-3H3/t19-/m1/s1. The summed E-state index contributed by atoms with van der Waals surface area (Å²) in [5.74, 6) is -1.62. The fraction of sp³-hybridized carbons (Fsp3) is 0.550. The Hall–Kier alpha value is -2.60. The number of alkyl halides is 3. The number of likely N-dealkylation sites (tertiary alicyclic amines) is 1. The number of carbonyl (C=O) groups is 2. The van der Waals surface area contributed by atoms with E-state index in [1.807, 2.05) is 19.9 Å². The Morgan fingerprint density at radius 1 is 1.21 bits per heavy atom. The number of nitriles is 1. The van der Waals surface area contributed by atoms with Crippen LogP contribution in [0, 0.1) is 11.3 Å². The monoisotopic (exact) mass is 411 g/mol. The van der Waals surface area contributed by atoms with E-state index in [4.69, 9.17) is 5.26 Å². The van der Waals surface area contributed by atoms with Crippen molar-refractivity contribution in [3.63, 3.8) is 0 Å². The molecule has 2 amide bonds. The maximum absolute atomic E-state index is 13.0. The molecule has 1 saturated heterocycles. The Kier molecular flexibility index (Phi) is 6.58. The van der Waals surface area contributed by atoms with Crippen LogP contribution >= 0.6 is 0 Å². The first kappa shape index (κ1) is 22.7. The van der Waals surface area contributed by atoms with E-state index in [0.29, 0.717) is 30.9 Å². The van der Waals surface area contributed by atoms with Crippen molar-refractivity contribution >= 4 is 11.8 Å². The van der Waals surface area contributed by atoms with Crippen molar-refractivity contribution in [2.24, 2.45) is 0 Å². The van der Waals surface area contributed by atoms with Gasteiger partial charge in [-0.3, -0.25) is 9.59 Å². The van der Waals surface area contributed by atoms with E-state index in [1.54, 1.807) is 29.2 Å². The Balaban J connectivity index is 2.11. The van der Waals surface area contributed by atoms with Crippen LogP contribution < -0.4 is 0 Å². The highest BCUT2D eigenvalue weighted by molar-refractivity contribution is 5.94. The molecule has 0 radical (unpaired) electrons. The van der Waals surface area contributed by atoms with E-state index in [2.05, 4.69) is 0 Å². The minimum Gasteiger partial charge on any atom is -0.373 e. The summed E-state index contributed by atoms with van der Waals surface area (Å²) in [4.78, 5) is 27.8. The predicted octanol–water partition coefficient (Wildman–Crippen LogP) is 2.71. The van der Waals surface area contributed by atoms with Crippen molar-refractivity contribution < 1.29 is 27.9 Å². The lowest BCUT2D eigenvalue weighted by Crippen LogP contribution is -2.59. The Labute approximate surface area is 167 Å². The molecule has 1 fully saturated rings.